The molecule has 0 aliphatic heterocycles. The van der Waals surface area contributed by atoms with Crippen molar-refractivity contribution >= 4 is 17.1 Å². The number of halogens is 1. The van der Waals surface area contributed by atoms with Crippen LogP contribution in [-0.2, 0) is 4.74 Å². The maximum Gasteiger partial charge on any atom is 0.407 e. The summed E-state index contributed by atoms with van der Waals surface area (Å²) in [6.45, 7) is 5.35. The number of pyridine rings is 1. The predicted octanol–water partition coefficient (Wildman–Crippen LogP) is 3.80. The summed E-state index contributed by atoms with van der Waals surface area (Å²) in [5.74, 6) is 0.407. The quantitative estimate of drug-likeness (QED) is 0.444. The van der Waals surface area contributed by atoms with Crippen LogP contribution in [-0.4, -0.2) is 58.5 Å². The molecule has 1 aliphatic rings. The Kier molecular flexibility index (Phi) is 6.17. The number of hydrogen-bond donors (Lipinski definition) is 2. The highest BCUT2D eigenvalue weighted by atomic mass is 19.1. The van der Waals surface area contributed by atoms with Gasteiger partial charge in [0, 0.05) is 6.07 Å². The fourth-order valence-electron chi connectivity index (χ4n) is 4.65. The number of imidazole rings is 1. The fourth-order valence-corrected chi connectivity index (χ4v) is 4.65. The van der Waals surface area contributed by atoms with Gasteiger partial charge in [-0.05, 0) is 52.2 Å². The van der Waals surface area contributed by atoms with E-state index in [1.807, 2.05) is 4.57 Å². The topological polar surface area (TPSA) is 120 Å². The number of aliphatic hydroxyl groups is 1. The van der Waals surface area contributed by atoms with Crippen molar-refractivity contribution in [2.75, 3.05) is 0 Å². The van der Waals surface area contributed by atoms with Gasteiger partial charge in [-0.2, -0.15) is 10.2 Å². The lowest BCUT2D eigenvalue weighted by Crippen LogP contribution is -2.50. The van der Waals surface area contributed by atoms with Gasteiger partial charge in [0.15, 0.2) is 5.82 Å². The van der Waals surface area contributed by atoms with Crippen molar-refractivity contribution in [1.82, 2.24) is 34.8 Å². The van der Waals surface area contributed by atoms with Crippen LogP contribution in [0.3, 0.4) is 0 Å². The van der Waals surface area contributed by atoms with Gasteiger partial charge in [0.05, 0.1) is 47.9 Å². The molecule has 10 nitrogen and oxygen atoms in total. The molecule has 0 radical (unpaired) electrons. The lowest BCUT2D eigenvalue weighted by molar-refractivity contribution is 0.0218. The predicted molar refractivity (Wildman–Crippen MR) is 130 cm³/mol. The lowest BCUT2D eigenvalue weighted by atomic mass is 9.87. The third kappa shape index (κ3) is 4.66. The van der Waals surface area contributed by atoms with E-state index in [2.05, 4.69) is 20.5 Å². The smallest absolute Gasteiger partial charge is 0.407 e. The largest absolute Gasteiger partial charge is 0.444 e. The van der Waals surface area contributed by atoms with Gasteiger partial charge in [0.25, 0.3) is 0 Å². The molecule has 4 aromatic rings. The van der Waals surface area contributed by atoms with E-state index in [1.165, 1.54) is 10.9 Å². The second-order valence-electron chi connectivity index (χ2n) is 9.88. The Bertz CT molecular complexity index is 1380. The minimum absolute atomic E-state index is 0.307. The number of carbonyl (C=O) groups excluding carboxylic acids is 1. The number of alkyl carbamates (subject to hydrolysis) is 1. The first-order chi connectivity index (χ1) is 17.2. The van der Waals surface area contributed by atoms with Gasteiger partial charge in [-0.25, -0.2) is 19.2 Å². The second kappa shape index (κ2) is 9.30. The third-order valence-corrected chi connectivity index (χ3v) is 6.16. The SMILES string of the molecule is CC(C)(C)OC(=O)NC1CCCC(n2c(-c3ccccc3F)nc3cnc(-n4nccn4)cc32)C1O. The number of fused-ring (bicyclic) bond motifs is 1. The molecule has 2 N–H and O–H groups in total. The van der Waals surface area contributed by atoms with Crippen LogP contribution in [0.5, 0.6) is 0 Å². The standard InChI is InChI=1S/C25H28FN7O3/c1-25(2,3)36-24(35)31-17-9-6-10-19(22(17)34)32-20-13-21(33-28-11-12-29-33)27-14-18(20)30-23(32)15-7-4-5-8-16(15)26/h4-5,7-8,11-14,17,19,22,34H,6,9-10H2,1-3H3,(H,31,35). The van der Waals surface area contributed by atoms with Crippen molar-refractivity contribution in [2.45, 2.75) is 63.8 Å². The Morgan fingerprint density at radius 2 is 1.94 bits per heavy atom. The van der Waals surface area contributed by atoms with Crippen molar-refractivity contribution in [2.24, 2.45) is 0 Å². The molecular weight excluding hydrogens is 465 g/mol. The fraction of sp³-hybridized carbons (Fsp3) is 0.400. The first-order valence-electron chi connectivity index (χ1n) is 11.9. The summed E-state index contributed by atoms with van der Waals surface area (Å²) >= 11 is 0. The molecule has 3 aromatic heterocycles. The number of amides is 1. The Labute approximate surface area is 207 Å². The van der Waals surface area contributed by atoms with Crippen molar-refractivity contribution in [3.8, 4) is 17.2 Å². The summed E-state index contributed by atoms with van der Waals surface area (Å²) in [5, 5.41) is 22.5. The number of aliphatic hydroxyl groups excluding tert-OH is 1. The lowest BCUT2D eigenvalue weighted by Gasteiger charge is -2.37. The van der Waals surface area contributed by atoms with Gasteiger partial charge < -0.3 is 19.7 Å². The number of aromatic nitrogens is 6. The molecule has 0 spiro atoms. The maximum absolute atomic E-state index is 14.9. The van der Waals surface area contributed by atoms with Gasteiger partial charge >= 0.3 is 6.09 Å². The number of benzene rings is 1. The molecule has 1 amide bonds. The highest BCUT2D eigenvalue weighted by Crippen LogP contribution is 2.37. The Balaban J connectivity index is 1.59. The molecule has 5 rings (SSSR count). The van der Waals surface area contributed by atoms with E-state index in [9.17, 15) is 14.3 Å². The minimum Gasteiger partial charge on any atom is -0.444 e. The van der Waals surface area contributed by atoms with Crippen molar-refractivity contribution in [3.05, 3.63) is 54.7 Å². The summed E-state index contributed by atoms with van der Waals surface area (Å²) in [6.07, 6.45) is 5.05. The Morgan fingerprint density at radius 1 is 1.19 bits per heavy atom. The average molecular weight is 494 g/mol. The van der Waals surface area contributed by atoms with E-state index < -0.39 is 35.7 Å². The molecule has 188 valence electrons. The molecule has 0 bridgehead atoms. The summed E-state index contributed by atoms with van der Waals surface area (Å²) in [7, 11) is 0. The van der Waals surface area contributed by atoms with Gasteiger partial charge in [0.2, 0.25) is 0 Å². The van der Waals surface area contributed by atoms with E-state index in [4.69, 9.17) is 9.72 Å². The zero-order valence-corrected chi connectivity index (χ0v) is 20.3. The molecule has 3 unspecified atom stereocenters. The van der Waals surface area contributed by atoms with Crippen LogP contribution in [0.15, 0.2) is 48.9 Å². The number of hydrogen-bond acceptors (Lipinski definition) is 7. The monoisotopic (exact) mass is 493 g/mol. The molecular formula is C25H28FN7O3. The van der Waals surface area contributed by atoms with E-state index in [-0.39, 0.29) is 0 Å². The van der Waals surface area contributed by atoms with Crippen LogP contribution in [0, 0.1) is 5.82 Å². The minimum atomic E-state index is -0.964. The molecule has 0 saturated heterocycles. The zero-order chi connectivity index (χ0) is 25.4. The number of nitrogens with zero attached hydrogens (tertiary/aromatic N) is 6. The van der Waals surface area contributed by atoms with E-state index in [0.717, 1.165) is 6.42 Å². The van der Waals surface area contributed by atoms with Gasteiger partial charge in [-0.3, -0.25) is 0 Å². The Hall–Kier alpha value is -3.86. The molecule has 3 heterocycles. The highest BCUT2D eigenvalue weighted by Gasteiger charge is 2.37. The first-order valence-corrected chi connectivity index (χ1v) is 11.9. The molecule has 1 saturated carbocycles. The van der Waals surface area contributed by atoms with Crippen LogP contribution in [0.1, 0.15) is 46.1 Å². The van der Waals surface area contributed by atoms with Crippen molar-refractivity contribution < 1.29 is 19.0 Å². The number of rotatable bonds is 4. The molecule has 3 atom stereocenters. The number of nitrogens with one attached hydrogen (secondary N) is 1. The van der Waals surface area contributed by atoms with Crippen LogP contribution in [0.2, 0.25) is 0 Å². The van der Waals surface area contributed by atoms with Crippen molar-refractivity contribution in [1.29, 1.82) is 0 Å². The molecule has 36 heavy (non-hydrogen) atoms. The Morgan fingerprint density at radius 3 is 2.67 bits per heavy atom. The van der Waals surface area contributed by atoms with Gasteiger partial charge in [-0.1, -0.05) is 12.1 Å². The summed E-state index contributed by atoms with van der Waals surface area (Å²) in [4.78, 5) is 22.9. The third-order valence-electron chi connectivity index (χ3n) is 6.16. The van der Waals surface area contributed by atoms with E-state index in [1.54, 1.807) is 63.6 Å². The van der Waals surface area contributed by atoms with Gasteiger partial charge in [-0.15, -0.1) is 4.80 Å². The molecule has 1 fully saturated rings. The average Bonchev–Trinajstić information content (AvgIpc) is 3.47. The highest BCUT2D eigenvalue weighted by molar-refractivity contribution is 5.81. The van der Waals surface area contributed by atoms with Crippen LogP contribution in [0.25, 0.3) is 28.2 Å². The molecule has 1 aliphatic carbocycles. The van der Waals surface area contributed by atoms with Gasteiger partial charge in [0.1, 0.15) is 22.8 Å². The number of ether oxygens (including phenoxy) is 1. The normalized spacial score (nSPS) is 20.4. The number of carbonyl (C=O) groups is 1. The summed E-state index contributed by atoms with van der Waals surface area (Å²) in [6, 6.07) is 7.12. The van der Waals surface area contributed by atoms with Crippen LogP contribution < -0.4 is 5.32 Å². The molecule has 11 heteroatoms. The second-order valence-corrected chi connectivity index (χ2v) is 9.88. The van der Waals surface area contributed by atoms with Crippen LogP contribution >= 0.6 is 0 Å². The van der Waals surface area contributed by atoms with E-state index in [0.29, 0.717) is 41.1 Å². The maximum atomic E-state index is 14.9. The first kappa shape index (κ1) is 23.9. The van der Waals surface area contributed by atoms with Crippen molar-refractivity contribution in [3.63, 3.8) is 0 Å². The summed E-state index contributed by atoms with van der Waals surface area (Å²) in [5.41, 5.74) is 0.837. The summed E-state index contributed by atoms with van der Waals surface area (Å²) < 4.78 is 22.2. The zero-order valence-electron chi connectivity index (χ0n) is 20.3. The van der Waals surface area contributed by atoms with Crippen LogP contribution in [0.4, 0.5) is 9.18 Å². The molecule has 1 aromatic carbocycles. The van der Waals surface area contributed by atoms with E-state index >= 15 is 0 Å².